The van der Waals surface area contributed by atoms with Crippen LogP contribution >= 0.6 is 0 Å². The average molecular weight is 485 g/mol. The van der Waals surface area contributed by atoms with E-state index in [4.69, 9.17) is 4.74 Å². The standard InChI is InChI=1S/C33H56O2/c1-8-10-31(34)35-26-17-19-32(6)25(21-26)13-14-27-29-16-15-28(33(29,7)20-18-30(27)32)23(5)11-12-24(9-2)22(3)4/h13,22-24,26-30H,8-12,14-21H2,1-7H3/t23-,24-,26+,27+,28-,29+,30+,32+,33-/m1/s1. The molecule has 0 aliphatic heterocycles. The van der Waals surface area contributed by atoms with E-state index in [1.54, 1.807) is 5.57 Å². The van der Waals surface area contributed by atoms with Gasteiger partial charge in [-0.25, -0.2) is 0 Å². The average Bonchev–Trinajstić information content (AvgIpc) is 3.17. The van der Waals surface area contributed by atoms with Crippen LogP contribution in [0.4, 0.5) is 0 Å². The smallest absolute Gasteiger partial charge is 0.306 e. The topological polar surface area (TPSA) is 26.3 Å². The van der Waals surface area contributed by atoms with Crippen LogP contribution in [0.2, 0.25) is 0 Å². The lowest BCUT2D eigenvalue weighted by molar-refractivity contribution is -0.151. The Morgan fingerprint density at radius 2 is 1.80 bits per heavy atom. The highest BCUT2D eigenvalue weighted by atomic mass is 16.5. The Labute approximate surface area is 217 Å². The van der Waals surface area contributed by atoms with E-state index in [1.165, 1.54) is 57.8 Å². The molecule has 3 fully saturated rings. The lowest BCUT2D eigenvalue weighted by Crippen LogP contribution is -2.51. The van der Waals surface area contributed by atoms with Crippen LogP contribution in [0.25, 0.3) is 0 Å². The molecule has 2 nitrogen and oxygen atoms in total. The predicted molar refractivity (Wildman–Crippen MR) is 147 cm³/mol. The van der Waals surface area contributed by atoms with E-state index in [2.05, 4.69) is 54.5 Å². The minimum absolute atomic E-state index is 0.00795. The van der Waals surface area contributed by atoms with Crippen molar-refractivity contribution in [3.63, 3.8) is 0 Å². The summed E-state index contributed by atoms with van der Waals surface area (Å²) in [6.07, 6.45) is 18.7. The summed E-state index contributed by atoms with van der Waals surface area (Å²) in [5.41, 5.74) is 2.52. The van der Waals surface area contributed by atoms with Crippen LogP contribution in [0, 0.1) is 52.3 Å². The molecule has 0 aromatic rings. The molecule has 0 aromatic heterocycles. The number of ether oxygens (including phenoxy) is 1. The van der Waals surface area contributed by atoms with Crippen molar-refractivity contribution in [1.29, 1.82) is 0 Å². The van der Waals surface area contributed by atoms with Crippen molar-refractivity contribution < 1.29 is 9.53 Å². The van der Waals surface area contributed by atoms with Gasteiger partial charge in [-0.15, -0.1) is 0 Å². The summed E-state index contributed by atoms with van der Waals surface area (Å²) < 4.78 is 5.87. The second-order valence-electron chi connectivity index (χ2n) is 14.1. The number of rotatable bonds is 9. The molecule has 0 unspecified atom stereocenters. The molecule has 0 saturated heterocycles. The van der Waals surface area contributed by atoms with E-state index >= 15 is 0 Å². The zero-order valence-electron chi connectivity index (χ0n) is 24.2. The number of fused-ring (bicyclic) bond motifs is 5. The lowest BCUT2D eigenvalue weighted by atomic mass is 9.47. The Bertz CT molecular complexity index is 767. The molecule has 2 heteroatoms. The first-order valence-corrected chi connectivity index (χ1v) is 15.5. The van der Waals surface area contributed by atoms with Crippen LogP contribution in [-0.4, -0.2) is 12.1 Å². The van der Waals surface area contributed by atoms with E-state index in [1.807, 2.05) is 0 Å². The van der Waals surface area contributed by atoms with Gasteiger partial charge in [-0.3, -0.25) is 4.79 Å². The van der Waals surface area contributed by atoms with E-state index < -0.39 is 0 Å². The SMILES string of the molecule is CCCC(=O)O[C@H]1CC[C@@]2(C)C(=CC[C@H]3[C@@H]4CC[C@H]([C@H](C)CC[C@@H](CC)C(C)C)[C@@]4(C)CC[C@@H]32)C1. The van der Waals surface area contributed by atoms with Gasteiger partial charge in [0.25, 0.3) is 0 Å². The molecule has 0 radical (unpaired) electrons. The maximum Gasteiger partial charge on any atom is 0.306 e. The van der Waals surface area contributed by atoms with Crippen LogP contribution in [0.3, 0.4) is 0 Å². The number of allylic oxidation sites excluding steroid dienone is 1. The first kappa shape index (κ1) is 27.3. The molecular formula is C33H56O2. The van der Waals surface area contributed by atoms with E-state index in [-0.39, 0.29) is 12.1 Å². The van der Waals surface area contributed by atoms with Crippen molar-refractivity contribution in [2.75, 3.05) is 0 Å². The molecule has 0 bridgehead atoms. The van der Waals surface area contributed by atoms with Gasteiger partial charge in [-0.2, -0.15) is 0 Å². The number of hydrogen-bond donors (Lipinski definition) is 0. The Hall–Kier alpha value is -0.790. The third-order valence-electron chi connectivity index (χ3n) is 12.0. The van der Waals surface area contributed by atoms with Crippen LogP contribution in [0.5, 0.6) is 0 Å². The largest absolute Gasteiger partial charge is 0.462 e. The normalized spacial score (nSPS) is 40.3. The maximum absolute atomic E-state index is 12.1. The van der Waals surface area contributed by atoms with Crippen molar-refractivity contribution >= 4 is 5.97 Å². The summed E-state index contributed by atoms with van der Waals surface area (Å²) in [4.78, 5) is 12.1. The molecule has 0 amide bonds. The molecule has 35 heavy (non-hydrogen) atoms. The lowest BCUT2D eigenvalue weighted by Gasteiger charge is -2.58. The van der Waals surface area contributed by atoms with Gasteiger partial charge >= 0.3 is 5.97 Å². The summed E-state index contributed by atoms with van der Waals surface area (Å²) >= 11 is 0. The summed E-state index contributed by atoms with van der Waals surface area (Å²) in [5.74, 6) is 6.15. The Morgan fingerprint density at radius 3 is 2.49 bits per heavy atom. The molecule has 3 saturated carbocycles. The van der Waals surface area contributed by atoms with Crippen molar-refractivity contribution in [3.05, 3.63) is 11.6 Å². The van der Waals surface area contributed by atoms with E-state index in [0.717, 1.165) is 60.7 Å². The third kappa shape index (κ3) is 5.16. The first-order valence-electron chi connectivity index (χ1n) is 15.5. The zero-order valence-corrected chi connectivity index (χ0v) is 24.2. The molecule has 200 valence electrons. The Kier molecular flexibility index (Phi) is 8.49. The fourth-order valence-corrected chi connectivity index (χ4v) is 9.84. The van der Waals surface area contributed by atoms with Gasteiger partial charge in [0.2, 0.25) is 0 Å². The van der Waals surface area contributed by atoms with Crippen molar-refractivity contribution in [2.24, 2.45) is 52.3 Å². The fourth-order valence-electron chi connectivity index (χ4n) is 9.84. The molecule has 9 atom stereocenters. The fraction of sp³-hybridized carbons (Fsp3) is 0.909. The predicted octanol–water partition coefficient (Wildman–Crippen LogP) is 9.38. The van der Waals surface area contributed by atoms with Gasteiger partial charge in [0.1, 0.15) is 6.10 Å². The molecule has 0 spiro atoms. The molecule has 0 N–H and O–H groups in total. The van der Waals surface area contributed by atoms with Crippen LogP contribution in [0.15, 0.2) is 11.6 Å². The number of esters is 1. The molecule has 0 aromatic carbocycles. The molecule has 4 aliphatic carbocycles. The Balaban J connectivity index is 1.43. The van der Waals surface area contributed by atoms with Crippen LogP contribution < -0.4 is 0 Å². The van der Waals surface area contributed by atoms with Gasteiger partial charge in [-0.05, 0) is 110 Å². The van der Waals surface area contributed by atoms with Crippen molar-refractivity contribution in [2.45, 2.75) is 138 Å². The van der Waals surface area contributed by atoms with Gasteiger partial charge in [0.05, 0.1) is 0 Å². The minimum Gasteiger partial charge on any atom is -0.462 e. The van der Waals surface area contributed by atoms with Gasteiger partial charge < -0.3 is 4.74 Å². The van der Waals surface area contributed by atoms with Gasteiger partial charge in [0.15, 0.2) is 0 Å². The van der Waals surface area contributed by atoms with Crippen molar-refractivity contribution in [1.82, 2.24) is 0 Å². The van der Waals surface area contributed by atoms with Crippen LogP contribution in [-0.2, 0) is 9.53 Å². The van der Waals surface area contributed by atoms with E-state index in [9.17, 15) is 4.79 Å². The maximum atomic E-state index is 12.1. The third-order valence-corrected chi connectivity index (χ3v) is 12.0. The summed E-state index contributed by atoms with van der Waals surface area (Å²) in [7, 11) is 0. The first-order chi connectivity index (χ1) is 16.6. The van der Waals surface area contributed by atoms with Crippen LogP contribution in [0.1, 0.15) is 132 Å². The molecule has 4 rings (SSSR count). The van der Waals surface area contributed by atoms with Crippen molar-refractivity contribution in [3.8, 4) is 0 Å². The summed E-state index contributed by atoms with van der Waals surface area (Å²) in [6.45, 7) is 17.2. The monoisotopic (exact) mass is 484 g/mol. The quantitative estimate of drug-likeness (QED) is 0.241. The molecular weight excluding hydrogens is 428 g/mol. The second kappa shape index (κ2) is 10.9. The minimum atomic E-state index is 0.00795. The second-order valence-corrected chi connectivity index (χ2v) is 14.1. The summed E-state index contributed by atoms with van der Waals surface area (Å²) in [6, 6.07) is 0. The number of carbonyl (C=O) groups excluding carboxylic acids is 1. The molecule has 4 aliphatic rings. The van der Waals surface area contributed by atoms with Gasteiger partial charge in [0, 0.05) is 12.8 Å². The van der Waals surface area contributed by atoms with Gasteiger partial charge in [-0.1, -0.05) is 73.0 Å². The molecule has 0 heterocycles. The number of hydrogen-bond acceptors (Lipinski definition) is 2. The highest BCUT2D eigenvalue weighted by Crippen LogP contribution is 2.67. The Morgan fingerprint density at radius 1 is 1.03 bits per heavy atom. The zero-order chi connectivity index (χ0) is 25.4. The summed E-state index contributed by atoms with van der Waals surface area (Å²) in [5, 5.41) is 0. The highest BCUT2D eigenvalue weighted by molar-refractivity contribution is 5.69. The van der Waals surface area contributed by atoms with E-state index in [0.29, 0.717) is 17.3 Å². The number of carbonyl (C=O) groups is 1. The highest BCUT2D eigenvalue weighted by Gasteiger charge is 2.59.